The number of nitrogens with zero attached hydrogens (tertiary/aromatic N) is 3. The van der Waals surface area contributed by atoms with Crippen molar-refractivity contribution in [3.63, 3.8) is 0 Å². The van der Waals surface area contributed by atoms with Crippen molar-refractivity contribution in [2.45, 2.75) is 12.8 Å². The summed E-state index contributed by atoms with van der Waals surface area (Å²) in [6, 6.07) is 17.1. The minimum atomic E-state index is -0.0117. The van der Waals surface area contributed by atoms with Crippen molar-refractivity contribution >= 4 is 34.3 Å². The fourth-order valence-electron chi connectivity index (χ4n) is 4.01. The summed E-state index contributed by atoms with van der Waals surface area (Å²) in [5.74, 6) is 0.460. The van der Waals surface area contributed by atoms with Crippen LogP contribution in [-0.4, -0.2) is 52.8 Å². The molecular formula is C24H22ClN3O2. The monoisotopic (exact) mass is 419 g/mol. The van der Waals surface area contributed by atoms with Gasteiger partial charge in [-0.25, -0.2) is 4.98 Å². The van der Waals surface area contributed by atoms with Gasteiger partial charge in [-0.1, -0.05) is 41.9 Å². The Balaban J connectivity index is 1.44. The quantitative estimate of drug-likeness (QED) is 0.637. The molecule has 0 N–H and O–H groups in total. The van der Waals surface area contributed by atoms with Gasteiger partial charge in [0.2, 0.25) is 5.91 Å². The van der Waals surface area contributed by atoms with Gasteiger partial charge in [-0.2, -0.15) is 0 Å². The zero-order chi connectivity index (χ0) is 20.7. The highest BCUT2D eigenvalue weighted by Crippen LogP contribution is 2.31. The molecule has 5 rings (SSSR count). The predicted molar refractivity (Wildman–Crippen MR) is 117 cm³/mol. The van der Waals surface area contributed by atoms with Gasteiger partial charge < -0.3 is 9.80 Å². The lowest BCUT2D eigenvalue weighted by molar-refractivity contribution is -0.134. The number of fused-ring (bicyclic) bond motifs is 1. The average molecular weight is 420 g/mol. The van der Waals surface area contributed by atoms with Crippen LogP contribution in [0.3, 0.4) is 0 Å². The van der Waals surface area contributed by atoms with E-state index in [1.165, 1.54) is 0 Å². The second-order valence-electron chi connectivity index (χ2n) is 7.97. The molecule has 1 aromatic heterocycles. The Hall–Kier alpha value is -2.92. The molecule has 152 valence electrons. The summed E-state index contributed by atoms with van der Waals surface area (Å²) < 4.78 is 0. The second-order valence-corrected chi connectivity index (χ2v) is 8.41. The van der Waals surface area contributed by atoms with Gasteiger partial charge >= 0.3 is 0 Å². The molecule has 6 heteroatoms. The fraction of sp³-hybridized carbons (Fsp3) is 0.292. The van der Waals surface area contributed by atoms with Crippen LogP contribution >= 0.6 is 11.6 Å². The van der Waals surface area contributed by atoms with Crippen LogP contribution in [-0.2, 0) is 4.79 Å². The van der Waals surface area contributed by atoms with Crippen LogP contribution < -0.4 is 0 Å². The zero-order valence-electron chi connectivity index (χ0n) is 16.6. The van der Waals surface area contributed by atoms with Crippen LogP contribution in [0.15, 0.2) is 54.6 Å². The normalized spacial score (nSPS) is 16.7. The standard InChI is InChI=1S/C24H22ClN3O2/c25-18-9-7-16(8-10-18)22-15-20(19-3-1-2-4-21(19)26-22)24(30)28-13-11-27(12-14-28)23(29)17-5-6-17/h1-4,7-10,15,17H,5-6,11-14H2. The molecule has 0 bridgehead atoms. The van der Waals surface area contributed by atoms with Crippen LogP contribution in [0.5, 0.6) is 0 Å². The maximum absolute atomic E-state index is 13.4. The highest BCUT2D eigenvalue weighted by Gasteiger charge is 2.35. The largest absolute Gasteiger partial charge is 0.339 e. The van der Waals surface area contributed by atoms with Gasteiger partial charge in [0, 0.05) is 48.1 Å². The summed E-state index contributed by atoms with van der Waals surface area (Å²) in [7, 11) is 0. The van der Waals surface area contributed by atoms with E-state index in [1.54, 1.807) is 0 Å². The summed E-state index contributed by atoms with van der Waals surface area (Å²) in [6.45, 7) is 2.33. The molecule has 0 unspecified atom stereocenters. The number of benzene rings is 2. The molecule has 0 radical (unpaired) electrons. The van der Waals surface area contributed by atoms with Crippen molar-refractivity contribution in [2.24, 2.45) is 5.92 Å². The van der Waals surface area contributed by atoms with Crippen molar-refractivity contribution in [3.05, 3.63) is 65.2 Å². The van der Waals surface area contributed by atoms with Gasteiger partial charge in [0.25, 0.3) is 5.91 Å². The van der Waals surface area contributed by atoms with E-state index in [0.29, 0.717) is 36.8 Å². The van der Waals surface area contributed by atoms with E-state index >= 15 is 0 Å². The molecule has 5 nitrogen and oxygen atoms in total. The third-order valence-electron chi connectivity index (χ3n) is 5.89. The molecule has 1 saturated carbocycles. The Morgan fingerprint density at radius 3 is 2.27 bits per heavy atom. The molecule has 2 amide bonds. The van der Waals surface area contributed by atoms with E-state index in [0.717, 1.165) is 35.0 Å². The number of rotatable bonds is 3. The van der Waals surface area contributed by atoms with Gasteiger partial charge in [0.15, 0.2) is 0 Å². The van der Waals surface area contributed by atoms with Crippen molar-refractivity contribution < 1.29 is 9.59 Å². The molecule has 1 saturated heterocycles. The SMILES string of the molecule is O=C(c1cc(-c2ccc(Cl)cc2)nc2ccccc12)N1CCN(C(=O)C2CC2)CC1. The summed E-state index contributed by atoms with van der Waals surface area (Å²) in [6.07, 6.45) is 2.02. The molecule has 2 fully saturated rings. The van der Waals surface area contributed by atoms with E-state index < -0.39 is 0 Å². The number of carbonyl (C=O) groups excluding carboxylic acids is 2. The summed E-state index contributed by atoms with van der Waals surface area (Å²) in [5.41, 5.74) is 3.10. The maximum Gasteiger partial charge on any atom is 0.254 e. The van der Waals surface area contributed by atoms with E-state index in [4.69, 9.17) is 16.6 Å². The van der Waals surface area contributed by atoms with Gasteiger partial charge in [-0.05, 0) is 37.1 Å². The second kappa shape index (κ2) is 7.73. The maximum atomic E-state index is 13.4. The molecule has 30 heavy (non-hydrogen) atoms. The van der Waals surface area contributed by atoms with Gasteiger partial charge in [0.05, 0.1) is 16.8 Å². The van der Waals surface area contributed by atoms with Gasteiger partial charge in [0.1, 0.15) is 0 Å². The summed E-state index contributed by atoms with van der Waals surface area (Å²) in [4.78, 5) is 34.3. The number of piperazine rings is 1. The first-order valence-corrected chi connectivity index (χ1v) is 10.7. The molecule has 1 aliphatic carbocycles. The number of aromatic nitrogens is 1. The minimum Gasteiger partial charge on any atom is -0.339 e. The Morgan fingerprint density at radius 1 is 0.900 bits per heavy atom. The lowest BCUT2D eigenvalue weighted by Gasteiger charge is -2.35. The van der Waals surface area contributed by atoms with Crippen molar-refractivity contribution in [1.29, 1.82) is 0 Å². The van der Waals surface area contributed by atoms with Crippen LogP contribution in [0.25, 0.3) is 22.2 Å². The van der Waals surface area contributed by atoms with Gasteiger partial charge in [-0.3, -0.25) is 9.59 Å². The number of amides is 2. The molecule has 0 spiro atoms. The Bertz CT molecular complexity index is 1120. The third-order valence-corrected chi connectivity index (χ3v) is 6.14. The number of pyridine rings is 1. The number of hydrogen-bond acceptors (Lipinski definition) is 3. The minimum absolute atomic E-state index is 0.0117. The molecule has 2 aliphatic rings. The summed E-state index contributed by atoms with van der Waals surface area (Å²) >= 11 is 6.03. The Kier molecular flexibility index (Phi) is 4.91. The molecule has 3 aromatic rings. The number of halogens is 1. The zero-order valence-corrected chi connectivity index (χ0v) is 17.3. The van der Waals surface area contributed by atoms with Crippen LogP contribution in [0, 0.1) is 5.92 Å². The Labute approximate surface area is 180 Å². The van der Waals surface area contributed by atoms with E-state index in [9.17, 15) is 9.59 Å². The fourth-order valence-corrected chi connectivity index (χ4v) is 4.14. The molecule has 0 atom stereocenters. The van der Waals surface area contributed by atoms with Crippen LogP contribution in [0.1, 0.15) is 23.2 Å². The lowest BCUT2D eigenvalue weighted by atomic mass is 10.0. The average Bonchev–Trinajstić information content (AvgIpc) is 3.63. The van der Waals surface area contributed by atoms with Crippen molar-refractivity contribution in [2.75, 3.05) is 26.2 Å². The smallest absolute Gasteiger partial charge is 0.254 e. The molecule has 2 heterocycles. The van der Waals surface area contributed by atoms with E-state index in [1.807, 2.05) is 64.4 Å². The van der Waals surface area contributed by atoms with Crippen molar-refractivity contribution in [3.8, 4) is 11.3 Å². The number of para-hydroxylation sites is 1. The predicted octanol–water partition coefficient (Wildman–Crippen LogP) is 4.25. The van der Waals surface area contributed by atoms with Crippen LogP contribution in [0.4, 0.5) is 0 Å². The third kappa shape index (κ3) is 3.65. The topological polar surface area (TPSA) is 53.5 Å². The first-order chi connectivity index (χ1) is 14.6. The lowest BCUT2D eigenvalue weighted by Crippen LogP contribution is -2.51. The molecule has 2 aromatic carbocycles. The number of carbonyl (C=O) groups is 2. The van der Waals surface area contributed by atoms with Gasteiger partial charge in [-0.15, -0.1) is 0 Å². The van der Waals surface area contributed by atoms with Crippen LogP contribution in [0.2, 0.25) is 5.02 Å². The van der Waals surface area contributed by atoms with E-state index in [2.05, 4.69) is 0 Å². The Morgan fingerprint density at radius 2 is 1.57 bits per heavy atom. The summed E-state index contributed by atoms with van der Waals surface area (Å²) in [5, 5.41) is 1.51. The highest BCUT2D eigenvalue weighted by molar-refractivity contribution is 6.30. The number of hydrogen-bond donors (Lipinski definition) is 0. The highest BCUT2D eigenvalue weighted by atomic mass is 35.5. The first-order valence-electron chi connectivity index (χ1n) is 10.3. The molecule has 1 aliphatic heterocycles. The first kappa shape index (κ1) is 19.1. The van der Waals surface area contributed by atoms with Crippen molar-refractivity contribution in [1.82, 2.24) is 14.8 Å². The molecular weight excluding hydrogens is 398 g/mol. The van der Waals surface area contributed by atoms with E-state index in [-0.39, 0.29) is 17.7 Å².